The highest BCUT2D eigenvalue weighted by Crippen LogP contribution is 2.22. The summed E-state index contributed by atoms with van der Waals surface area (Å²) in [5.74, 6) is -1.15. The molecule has 0 aromatic heterocycles. The number of hydrogen-bond acceptors (Lipinski definition) is 3. The number of halogens is 1. The molecule has 136 valence electrons. The molecule has 26 heavy (non-hydrogen) atoms. The summed E-state index contributed by atoms with van der Waals surface area (Å²) < 4.78 is 19.0. The van der Waals surface area contributed by atoms with Crippen molar-refractivity contribution in [1.29, 1.82) is 0 Å². The summed E-state index contributed by atoms with van der Waals surface area (Å²) in [6.07, 6.45) is -0.181. The third kappa shape index (κ3) is 4.26. The average Bonchev–Trinajstić information content (AvgIpc) is 2.68. The molecule has 0 spiro atoms. The molecule has 3 rings (SSSR count). The van der Waals surface area contributed by atoms with Crippen LogP contribution in [-0.4, -0.2) is 42.5 Å². The minimum absolute atomic E-state index is 0.181. The van der Waals surface area contributed by atoms with E-state index >= 15 is 0 Å². The molecule has 2 amide bonds. The molecule has 1 heterocycles. The van der Waals surface area contributed by atoms with Gasteiger partial charge in [-0.25, -0.2) is 4.39 Å². The number of carbonyl (C=O) groups is 2. The first-order valence-corrected chi connectivity index (χ1v) is 8.56. The van der Waals surface area contributed by atoms with Crippen LogP contribution in [0.1, 0.15) is 28.9 Å². The average molecular weight is 356 g/mol. The lowest BCUT2D eigenvalue weighted by Crippen LogP contribution is -2.51. The van der Waals surface area contributed by atoms with Gasteiger partial charge in [0, 0.05) is 12.1 Å². The smallest absolute Gasteiger partial charge is 0.252 e. The maximum absolute atomic E-state index is 13.2. The van der Waals surface area contributed by atoms with E-state index in [2.05, 4.69) is 5.32 Å². The van der Waals surface area contributed by atoms with Gasteiger partial charge in [-0.2, -0.15) is 0 Å². The van der Waals surface area contributed by atoms with E-state index in [-0.39, 0.29) is 17.6 Å². The molecule has 2 aromatic rings. The van der Waals surface area contributed by atoms with Gasteiger partial charge in [-0.15, -0.1) is 0 Å². The highest BCUT2D eigenvalue weighted by Gasteiger charge is 2.29. The Labute approximate surface area is 151 Å². The molecule has 1 aliphatic heterocycles. The largest absolute Gasteiger partial charge is 0.370 e. The van der Waals surface area contributed by atoms with Gasteiger partial charge in [0.25, 0.3) is 5.91 Å². The zero-order valence-corrected chi connectivity index (χ0v) is 14.5. The Morgan fingerprint density at radius 1 is 1.19 bits per heavy atom. The Morgan fingerprint density at radius 3 is 2.69 bits per heavy atom. The second-order valence-electron chi connectivity index (χ2n) is 6.26. The van der Waals surface area contributed by atoms with Crippen molar-refractivity contribution in [2.45, 2.75) is 19.1 Å². The molecule has 1 saturated heterocycles. The molecule has 0 bridgehead atoms. The fourth-order valence-electron chi connectivity index (χ4n) is 2.96. The Hall–Kier alpha value is -2.73. The number of ether oxygens (including phenoxy) is 1. The molecule has 0 saturated carbocycles. The van der Waals surface area contributed by atoms with Gasteiger partial charge in [-0.05, 0) is 30.7 Å². The summed E-state index contributed by atoms with van der Waals surface area (Å²) in [5.41, 5.74) is 1.20. The van der Waals surface area contributed by atoms with E-state index in [0.717, 1.165) is 11.6 Å². The Balaban J connectivity index is 1.61. The predicted molar refractivity (Wildman–Crippen MR) is 95.0 cm³/mol. The van der Waals surface area contributed by atoms with Gasteiger partial charge < -0.3 is 15.0 Å². The molecule has 5 nitrogen and oxygen atoms in total. The van der Waals surface area contributed by atoms with Crippen LogP contribution >= 0.6 is 0 Å². The number of nitrogens with zero attached hydrogens (tertiary/aromatic N) is 1. The summed E-state index contributed by atoms with van der Waals surface area (Å²) in [4.78, 5) is 26.6. The van der Waals surface area contributed by atoms with Crippen molar-refractivity contribution < 1.29 is 18.7 Å². The number of hydrogen-bond donors (Lipinski definition) is 1. The highest BCUT2D eigenvalue weighted by molar-refractivity contribution is 5.97. The Morgan fingerprint density at radius 2 is 1.96 bits per heavy atom. The van der Waals surface area contributed by atoms with Gasteiger partial charge in [0.1, 0.15) is 18.0 Å². The third-order valence-corrected chi connectivity index (χ3v) is 4.35. The van der Waals surface area contributed by atoms with Crippen LogP contribution in [0.5, 0.6) is 0 Å². The van der Waals surface area contributed by atoms with Crippen LogP contribution in [0.3, 0.4) is 0 Å². The molecule has 2 atom stereocenters. The fourth-order valence-corrected chi connectivity index (χ4v) is 2.96. The second kappa shape index (κ2) is 8.10. The first-order valence-electron chi connectivity index (χ1n) is 8.56. The molecule has 1 N–H and O–H groups in total. The summed E-state index contributed by atoms with van der Waals surface area (Å²) in [6, 6.07) is 14.4. The van der Waals surface area contributed by atoms with E-state index in [1.807, 2.05) is 30.3 Å². The van der Waals surface area contributed by atoms with E-state index in [4.69, 9.17) is 4.74 Å². The molecule has 0 radical (unpaired) electrons. The van der Waals surface area contributed by atoms with Gasteiger partial charge in [0.2, 0.25) is 5.91 Å². The van der Waals surface area contributed by atoms with Crippen molar-refractivity contribution in [1.82, 2.24) is 10.2 Å². The predicted octanol–water partition coefficient (Wildman–Crippen LogP) is 2.54. The summed E-state index contributed by atoms with van der Waals surface area (Å²) in [6.45, 7) is 2.98. The first kappa shape index (κ1) is 18.1. The van der Waals surface area contributed by atoms with Crippen molar-refractivity contribution in [2.24, 2.45) is 0 Å². The van der Waals surface area contributed by atoms with Crippen LogP contribution in [0.4, 0.5) is 4.39 Å². The molecule has 1 unspecified atom stereocenters. The van der Waals surface area contributed by atoms with Crippen LogP contribution in [-0.2, 0) is 9.53 Å². The van der Waals surface area contributed by atoms with Crippen LogP contribution in [0.25, 0.3) is 0 Å². The normalized spacial score (nSPS) is 18.2. The maximum atomic E-state index is 13.2. The lowest BCUT2D eigenvalue weighted by atomic mass is 10.1. The summed E-state index contributed by atoms with van der Waals surface area (Å²) >= 11 is 0. The lowest BCUT2D eigenvalue weighted by molar-refractivity contribution is -0.140. The second-order valence-corrected chi connectivity index (χ2v) is 6.26. The molecular formula is C20H21FN2O3. The SMILES string of the molecule is C[C@@H](NC(=O)c1cccc(F)c1)C(=O)N1CCOC(c2ccccc2)C1. The Bertz CT molecular complexity index is 782. The molecule has 6 heteroatoms. The minimum Gasteiger partial charge on any atom is -0.370 e. The molecule has 2 aromatic carbocycles. The van der Waals surface area contributed by atoms with E-state index in [1.54, 1.807) is 11.8 Å². The molecule has 1 fully saturated rings. The fraction of sp³-hybridized carbons (Fsp3) is 0.300. The van der Waals surface area contributed by atoms with E-state index in [1.165, 1.54) is 18.2 Å². The summed E-state index contributed by atoms with van der Waals surface area (Å²) in [7, 11) is 0. The standard InChI is InChI=1S/C20H21FN2O3/c1-14(22-19(24)16-8-5-9-17(21)12-16)20(25)23-10-11-26-18(13-23)15-6-3-2-4-7-15/h2-9,12,14,18H,10-11,13H2,1H3,(H,22,24)/t14-,18?/m1/s1. The van der Waals surface area contributed by atoms with Crippen molar-refractivity contribution >= 4 is 11.8 Å². The van der Waals surface area contributed by atoms with Crippen LogP contribution < -0.4 is 5.32 Å². The van der Waals surface area contributed by atoms with Crippen LogP contribution in [0.2, 0.25) is 0 Å². The van der Waals surface area contributed by atoms with Gasteiger partial charge in [-0.1, -0.05) is 36.4 Å². The van der Waals surface area contributed by atoms with Crippen molar-refractivity contribution in [2.75, 3.05) is 19.7 Å². The van der Waals surface area contributed by atoms with Gasteiger partial charge in [-0.3, -0.25) is 9.59 Å². The van der Waals surface area contributed by atoms with Gasteiger partial charge in [0.05, 0.1) is 13.2 Å². The Kier molecular flexibility index (Phi) is 5.63. The van der Waals surface area contributed by atoms with E-state index in [0.29, 0.717) is 19.7 Å². The highest BCUT2D eigenvalue weighted by atomic mass is 19.1. The number of nitrogens with one attached hydrogen (secondary N) is 1. The third-order valence-electron chi connectivity index (χ3n) is 4.35. The maximum Gasteiger partial charge on any atom is 0.252 e. The molecule has 1 aliphatic rings. The van der Waals surface area contributed by atoms with Crippen LogP contribution in [0.15, 0.2) is 54.6 Å². The topological polar surface area (TPSA) is 58.6 Å². The zero-order valence-electron chi connectivity index (χ0n) is 14.5. The van der Waals surface area contributed by atoms with Gasteiger partial charge >= 0.3 is 0 Å². The van der Waals surface area contributed by atoms with Crippen molar-refractivity contribution in [3.05, 3.63) is 71.5 Å². The number of morpholine rings is 1. The molecular weight excluding hydrogens is 335 g/mol. The number of benzene rings is 2. The van der Waals surface area contributed by atoms with Crippen LogP contribution in [0, 0.1) is 5.82 Å². The van der Waals surface area contributed by atoms with E-state index < -0.39 is 17.8 Å². The number of carbonyl (C=O) groups excluding carboxylic acids is 2. The number of amides is 2. The van der Waals surface area contributed by atoms with Gasteiger partial charge in [0.15, 0.2) is 0 Å². The zero-order chi connectivity index (χ0) is 18.5. The summed E-state index contributed by atoms with van der Waals surface area (Å²) in [5, 5.41) is 2.64. The number of rotatable bonds is 4. The minimum atomic E-state index is -0.708. The van der Waals surface area contributed by atoms with E-state index in [9.17, 15) is 14.0 Å². The van der Waals surface area contributed by atoms with Crippen molar-refractivity contribution in [3.8, 4) is 0 Å². The quantitative estimate of drug-likeness (QED) is 0.916. The molecule has 0 aliphatic carbocycles. The van der Waals surface area contributed by atoms with Crippen molar-refractivity contribution in [3.63, 3.8) is 0 Å². The monoisotopic (exact) mass is 356 g/mol. The lowest BCUT2D eigenvalue weighted by Gasteiger charge is -2.34. The first-order chi connectivity index (χ1) is 12.5.